The number of nitrogens with two attached hydrogens (primary N) is 1. The lowest BCUT2D eigenvalue weighted by atomic mass is 10.1. The number of amides is 4. The Bertz CT molecular complexity index is 993. The SMILES string of the molecule is CC1=C(C)N2C(=NC3C2C(=O)N(CC(N)=O)C(=O)N3C)N1c1cc(C)cc(C)c1. The molecule has 1 fully saturated rings. The highest BCUT2D eigenvalue weighted by Crippen LogP contribution is 2.40. The van der Waals surface area contributed by atoms with E-state index < -0.39 is 36.6 Å². The second-order valence-electron chi connectivity index (χ2n) is 7.79. The zero-order valence-electron chi connectivity index (χ0n) is 17.1. The van der Waals surface area contributed by atoms with E-state index in [9.17, 15) is 14.4 Å². The number of rotatable bonds is 3. The van der Waals surface area contributed by atoms with E-state index in [4.69, 9.17) is 10.7 Å². The van der Waals surface area contributed by atoms with Crippen LogP contribution < -0.4 is 10.6 Å². The molecule has 0 spiro atoms. The van der Waals surface area contributed by atoms with Crippen LogP contribution in [0, 0.1) is 13.8 Å². The molecule has 0 aromatic heterocycles. The summed E-state index contributed by atoms with van der Waals surface area (Å²) in [6, 6.07) is 4.92. The normalized spacial score (nSPS) is 23.7. The molecular weight excluding hydrogens is 372 g/mol. The molecule has 2 unspecified atom stereocenters. The molecule has 1 aromatic carbocycles. The summed E-state index contributed by atoms with van der Waals surface area (Å²) in [5, 5.41) is 0. The first-order valence-corrected chi connectivity index (χ1v) is 9.41. The summed E-state index contributed by atoms with van der Waals surface area (Å²) in [4.78, 5) is 48.1. The van der Waals surface area contributed by atoms with Crippen LogP contribution >= 0.6 is 0 Å². The number of carbonyl (C=O) groups excluding carboxylic acids is 3. The third kappa shape index (κ3) is 2.68. The van der Waals surface area contributed by atoms with Crippen molar-refractivity contribution >= 4 is 29.5 Å². The van der Waals surface area contributed by atoms with Crippen LogP contribution in [0.2, 0.25) is 0 Å². The molecule has 1 saturated heterocycles. The predicted octanol–water partition coefficient (Wildman–Crippen LogP) is 1.12. The van der Waals surface area contributed by atoms with E-state index in [1.54, 1.807) is 7.05 Å². The van der Waals surface area contributed by atoms with Crippen LogP contribution in [0.3, 0.4) is 0 Å². The van der Waals surface area contributed by atoms with Crippen molar-refractivity contribution < 1.29 is 14.4 Å². The maximum absolute atomic E-state index is 13.2. The number of aliphatic imine (C=N–C) groups is 1. The molecule has 0 saturated carbocycles. The number of hydrogen-bond acceptors (Lipinski definition) is 6. The highest BCUT2D eigenvalue weighted by molar-refractivity contribution is 6.11. The zero-order valence-corrected chi connectivity index (χ0v) is 17.1. The van der Waals surface area contributed by atoms with Gasteiger partial charge in [0.05, 0.1) is 0 Å². The quantitative estimate of drug-likeness (QED) is 0.825. The first kappa shape index (κ1) is 19.0. The van der Waals surface area contributed by atoms with Crippen molar-refractivity contribution in [3.05, 3.63) is 40.7 Å². The van der Waals surface area contributed by atoms with E-state index in [2.05, 4.69) is 18.2 Å². The van der Waals surface area contributed by atoms with Crippen LogP contribution in [0.25, 0.3) is 0 Å². The Balaban J connectivity index is 1.79. The number of anilines is 1. The van der Waals surface area contributed by atoms with Gasteiger partial charge in [-0.3, -0.25) is 24.3 Å². The van der Waals surface area contributed by atoms with Gasteiger partial charge in [0, 0.05) is 24.1 Å². The van der Waals surface area contributed by atoms with Crippen LogP contribution in [-0.2, 0) is 9.59 Å². The van der Waals surface area contributed by atoms with Crippen molar-refractivity contribution in [3.63, 3.8) is 0 Å². The molecular formula is C20H24N6O3. The Morgan fingerprint density at radius 3 is 2.28 bits per heavy atom. The molecule has 0 radical (unpaired) electrons. The van der Waals surface area contributed by atoms with Gasteiger partial charge < -0.3 is 10.6 Å². The van der Waals surface area contributed by atoms with Gasteiger partial charge in [0.25, 0.3) is 5.91 Å². The number of imide groups is 1. The maximum Gasteiger partial charge on any atom is 0.328 e. The molecule has 4 rings (SSSR count). The smallest absolute Gasteiger partial charge is 0.328 e. The summed E-state index contributed by atoms with van der Waals surface area (Å²) in [5.74, 6) is -0.599. The van der Waals surface area contributed by atoms with Crippen molar-refractivity contribution in [2.24, 2.45) is 10.7 Å². The molecule has 0 aliphatic carbocycles. The minimum Gasteiger partial charge on any atom is -0.368 e. The van der Waals surface area contributed by atoms with Gasteiger partial charge in [-0.25, -0.2) is 9.79 Å². The second-order valence-corrected chi connectivity index (χ2v) is 7.79. The second kappa shape index (κ2) is 6.33. The fourth-order valence-corrected chi connectivity index (χ4v) is 4.30. The van der Waals surface area contributed by atoms with Crippen LogP contribution in [0.4, 0.5) is 10.5 Å². The largest absolute Gasteiger partial charge is 0.368 e. The highest BCUT2D eigenvalue weighted by Gasteiger charge is 2.56. The Labute approximate surface area is 169 Å². The fraction of sp³-hybridized carbons (Fsp3) is 0.400. The molecule has 3 aliphatic rings. The Morgan fingerprint density at radius 2 is 1.69 bits per heavy atom. The number of aryl methyl sites for hydroxylation is 2. The minimum absolute atomic E-state index is 0.447. The standard InChI is InChI=1S/C20H24N6O3/c1-10-6-11(2)8-14(7-10)25-12(3)13(4)26-16-17(22-19(25)26)23(5)20(29)24(18(16)28)9-15(21)27/h6-8,16-17H,9H2,1-5H3,(H2,21,27). The third-order valence-corrected chi connectivity index (χ3v) is 5.67. The minimum atomic E-state index is -0.737. The first-order chi connectivity index (χ1) is 13.6. The van der Waals surface area contributed by atoms with E-state index >= 15 is 0 Å². The lowest BCUT2D eigenvalue weighted by molar-refractivity contribution is -0.139. The molecule has 9 nitrogen and oxygen atoms in total. The number of benzene rings is 1. The number of hydrogen-bond donors (Lipinski definition) is 1. The molecule has 3 aliphatic heterocycles. The van der Waals surface area contributed by atoms with Gasteiger partial charge >= 0.3 is 6.03 Å². The van der Waals surface area contributed by atoms with Crippen molar-refractivity contribution in [3.8, 4) is 0 Å². The van der Waals surface area contributed by atoms with E-state index in [-0.39, 0.29) is 0 Å². The monoisotopic (exact) mass is 396 g/mol. The number of fused-ring (bicyclic) bond motifs is 3. The molecule has 152 valence electrons. The van der Waals surface area contributed by atoms with E-state index in [0.29, 0.717) is 5.96 Å². The van der Waals surface area contributed by atoms with E-state index in [1.807, 2.05) is 37.5 Å². The summed E-state index contributed by atoms with van der Waals surface area (Å²) in [7, 11) is 1.58. The van der Waals surface area contributed by atoms with E-state index in [0.717, 1.165) is 33.1 Å². The molecule has 3 heterocycles. The topological polar surface area (TPSA) is 103 Å². The molecule has 1 aromatic rings. The number of primary amides is 1. The summed E-state index contributed by atoms with van der Waals surface area (Å²) in [6.45, 7) is 7.52. The average molecular weight is 396 g/mol. The van der Waals surface area contributed by atoms with Crippen LogP contribution in [0.1, 0.15) is 25.0 Å². The number of allylic oxidation sites excluding steroid dienone is 2. The van der Waals surface area contributed by atoms with Gasteiger partial charge in [-0.15, -0.1) is 0 Å². The van der Waals surface area contributed by atoms with Gasteiger partial charge in [0.15, 0.2) is 12.2 Å². The van der Waals surface area contributed by atoms with Gasteiger partial charge in [-0.05, 0) is 51.0 Å². The van der Waals surface area contributed by atoms with Crippen molar-refractivity contribution in [1.29, 1.82) is 0 Å². The summed E-state index contributed by atoms with van der Waals surface area (Å²) in [5.41, 5.74) is 10.3. The van der Waals surface area contributed by atoms with Crippen LogP contribution in [0.15, 0.2) is 34.6 Å². The number of carbonyl (C=O) groups is 3. The summed E-state index contributed by atoms with van der Waals surface area (Å²) < 4.78 is 0. The molecule has 2 N–H and O–H groups in total. The zero-order chi connectivity index (χ0) is 21.2. The van der Waals surface area contributed by atoms with Crippen molar-refractivity contribution in [1.82, 2.24) is 14.7 Å². The van der Waals surface area contributed by atoms with Gasteiger partial charge in [-0.1, -0.05) is 6.07 Å². The van der Waals surface area contributed by atoms with Crippen molar-refractivity contribution in [2.45, 2.75) is 39.9 Å². The van der Waals surface area contributed by atoms with Crippen LogP contribution in [0.5, 0.6) is 0 Å². The average Bonchev–Trinajstić information content (AvgIpc) is 3.12. The lowest BCUT2D eigenvalue weighted by Crippen LogP contribution is -2.65. The Hall–Kier alpha value is -3.36. The summed E-state index contributed by atoms with van der Waals surface area (Å²) >= 11 is 0. The predicted molar refractivity (Wildman–Crippen MR) is 108 cm³/mol. The number of guanidine groups is 1. The molecule has 4 amide bonds. The molecule has 9 heteroatoms. The summed E-state index contributed by atoms with van der Waals surface area (Å²) in [6.07, 6.45) is -0.661. The number of nitrogens with zero attached hydrogens (tertiary/aromatic N) is 5. The van der Waals surface area contributed by atoms with Gasteiger partial charge in [0.1, 0.15) is 6.54 Å². The third-order valence-electron chi connectivity index (χ3n) is 5.67. The molecule has 0 bridgehead atoms. The molecule has 2 atom stereocenters. The number of urea groups is 1. The van der Waals surface area contributed by atoms with Gasteiger partial charge in [-0.2, -0.15) is 0 Å². The Morgan fingerprint density at radius 1 is 1.07 bits per heavy atom. The maximum atomic E-state index is 13.2. The molecule has 29 heavy (non-hydrogen) atoms. The number of likely N-dealkylation sites (N-methyl/N-ethyl adjacent to an activating group) is 1. The van der Waals surface area contributed by atoms with Crippen LogP contribution in [-0.4, -0.2) is 64.3 Å². The fourth-order valence-electron chi connectivity index (χ4n) is 4.30. The first-order valence-electron chi connectivity index (χ1n) is 9.41. The Kier molecular flexibility index (Phi) is 4.14. The van der Waals surface area contributed by atoms with E-state index in [1.165, 1.54) is 4.90 Å². The lowest BCUT2D eigenvalue weighted by Gasteiger charge is -2.40. The highest BCUT2D eigenvalue weighted by atomic mass is 16.2. The van der Waals surface area contributed by atoms with Gasteiger partial charge in [0.2, 0.25) is 11.9 Å². The van der Waals surface area contributed by atoms with Crippen molar-refractivity contribution in [2.75, 3.05) is 18.5 Å².